The van der Waals surface area contributed by atoms with Gasteiger partial charge in [-0.3, -0.25) is 0 Å². The predicted octanol–water partition coefficient (Wildman–Crippen LogP) is 4.04. The van der Waals surface area contributed by atoms with Crippen LogP contribution in [-0.2, 0) is 42.1 Å². The SMILES string of the molecule is O=S(=O)(NCc1ccc(C2O[C@H](CN3CCC4(CC3)OCCO4)C[C@H](c3ccc(CO)cc3)O2)cc1)c1ccccc1. The molecule has 3 aromatic rings. The van der Waals surface area contributed by atoms with E-state index >= 15 is 0 Å². The molecule has 224 valence electrons. The van der Waals surface area contributed by atoms with Crippen LogP contribution in [0.2, 0.25) is 0 Å². The minimum atomic E-state index is -3.60. The van der Waals surface area contributed by atoms with E-state index in [2.05, 4.69) is 9.62 Å². The lowest BCUT2D eigenvalue weighted by atomic mass is 9.98. The standard InChI is InChI=1S/C32H38N2O7S/c35-23-25-8-10-26(11-9-25)30-20-28(22-34-16-14-32(15-17-34)38-18-19-39-32)40-31(41-30)27-12-6-24(7-13-27)21-33-42(36,37)29-4-2-1-3-5-29/h1-13,28,30-31,33,35H,14-23H2/t28-,30+,31?/m0/s1. The van der Waals surface area contributed by atoms with Gasteiger partial charge >= 0.3 is 0 Å². The zero-order valence-corrected chi connectivity index (χ0v) is 24.4. The van der Waals surface area contributed by atoms with Crippen molar-refractivity contribution in [3.05, 3.63) is 101 Å². The average molecular weight is 595 g/mol. The molecule has 0 bridgehead atoms. The van der Waals surface area contributed by atoms with Gasteiger partial charge in [-0.25, -0.2) is 13.1 Å². The number of nitrogens with one attached hydrogen (secondary N) is 1. The zero-order valence-electron chi connectivity index (χ0n) is 23.6. The van der Waals surface area contributed by atoms with Crippen LogP contribution in [0.3, 0.4) is 0 Å². The Hall–Kier alpha value is -2.67. The number of ether oxygens (including phenoxy) is 4. The van der Waals surface area contributed by atoms with Gasteiger partial charge in [0.2, 0.25) is 10.0 Å². The fourth-order valence-electron chi connectivity index (χ4n) is 5.84. The number of rotatable bonds is 9. The second kappa shape index (κ2) is 12.9. The van der Waals surface area contributed by atoms with Crippen LogP contribution in [0.1, 0.15) is 53.9 Å². The van der Waals surface area contributed by atoms with Crippen molar-refractivity contribution in [2.75, 3.05) is 32.8 Å². The third-order valence-corrected chi connectivity index (χ3v) is 9.70. The van der Waals surface area contributed by atoms with Crippen LogP contribution < -0.4 is 4.72 Å². The largest absolute Gasteiger partial charge is 0.392 e. The van der Waals surface area contributed by atoms with Gasteiger partial charge in [0.1, 0.15) is 0 Å². The molecule has 3 aliphatic heterocycles. The van der Waals surface area contributed by atoms with E-state index in [4.69, 9.17) is 18.9 Å². The molecule has 10 heteroatoms. The molecular formula is C32H38N2O7S. The Labute approximate surface area is 247 Å². The molecule has 0 radical (unpaired) electrons. The maximum Gasteiger partial charge on any atom is 0.240 e. The Morgan fingerprint density at radius 1 is 0.833 bits per heavy atom. The molecule has 0 aliphatic carbocycles. The first-order valence-electron chi connectivity index (χ1n) is 14.6. The Morgan fingerprint density at radius 3 is 2.14 bits per heavy atom. The number of hydrogen-bond acceptors (Lipinski definition) is 8. The second-order valence-corrected chi connectivity index (χ2v) is 12.9. The monoisotopic (exact) mass is 594 g/mol. The van der Waals surface area contributed by atoms with Crippen LogP contribution in [0.5, 0.6) is 0 Å². The topological polar surface area (TPSA) is 107 Å². The summed E-state index contributed by atoms with van der Waals surface area (Å²) in [5.74, 6) is -0.413. The smallest absolute Gasteiger partial charge is 0.240 e. The molecule has 0 aromatic heterocycles. The Balaban J connectivity index is 1.13. The molecule has 0 saturated carbocycles. The summed E-state index contributed by atoms with van der Waals surface area (Å²) in [6.45, 7) is 4.05. The summed E-state index contributed by atoms with van der Waals surface area (Å²) in [6, 6.07) is 23.9. The van der Waals surface area contributed by atoms with Crippen molar-refractivity contribution in [2.24, 2.45) is 0 Å². The van der Waals surface area contributed by atoms with Crippen molar-refractivity contribution in [3.63, 3.8) is 0 Å². The third-order valence-electron chi connectivity index (χ3n) is 8.28. The highest BCUT2D eigenvalue weighted by molar-refractivity contribution is 7.89. The highest BCUT2D eigenvalue weighted by Crippen LogP contribution is 2.39. The van der Waals surface area contributed by atoms with Crippen molar-refractivity contribution >= 4 is 10.0 Å². The summed E-state index contributed by atoms with van der Waals surface area (Å²) in [6.07, 6.45) is 1.62. The number of benzene rings is 3. The number of aliphatic hydroxyl groups excluding tert-OH is 1. The summed E-state index contributed by atoms with van der Waals surface area (Å²) in [4.78, 5) is 2.65. The number of likely N-dealkylation sites (tertiary alicyclic amines) is 1. The number of nitrogens with zero attached hydrogens (tertiary/aromatic N) is 1. The molecule has 0 amide bonds. The third kappa shape index (κ3) is 6.93. The number of sulfonamides is 1. The molecule has 3 fully saturated rings. The van der Waals surface area contributed by atoms with Crippen LogP contribution >= 0.6 is 0 Å². The molecule has 1 unspecified atom stereocenters. The number of piperidine rings is 1. The summed E-state index contributed by atoms with van der Waals surface area (Å²) in [5.41, 5.74) is 3.61. The molecule has 3 heterocycles. The van der Waals surface area contributed by atoms with Gasteiger partial charge in [-0.05, 0) is 28.8 Å². The van der Waals surface area contributed by atoms with Gasteiger partial charge in [-0.2, -0.15) is 0 Å². The van der Waals surface area contributed by atoms with Gasteiger partial charge in [0.25, 0.3) is 0 Å². The molecule has 3 atom stereocenters. The number of hydrogen-bond donors (Lipinski definition) is 2. The fraction of sp³-hybridized carbons (Fsp3) is 0.438. The van der Waals surface area contributed by atoms with E-state index in [1.807, 2.05) is 48.5 Å². The molecule has 1 spiro atoms. The van der Waals surface area contributed by atoms with Crippen molar-refractivity contribution in [2.45, 2.75) is 61.6 Å². The number of aliphatic hydroxyl groups is 1. The van der Waals surface area contributed by atoms with E-state index in [0.29, 0.717) is 19.6 Å². The van der Waals surface area contributed by atoms with Crippen LogP contribution in [0.25, 0.3) is 0 Å². The molecular weight excluding hydrogens is 556 g/mol. The Morgan fingerprint density at radius 2 is 1.48 bits per heavy atom. The van der Waals surface area contributed by atoms with Crippen molar-refractivity contribution < 1.29 is 32.5 Å². The Kier molecular flexibility index (Phi) is 9.04. The van der Waals surface area contributed by atoms with Crippen LogP contribution in [0, 0.1) is 0 Å². The summed E-state index contributed by atoms with van der Waals surface area (Å²) >= 11 is 0. The normalized spacial score (nSPS) is 24.6. The maximum atomic E-state index is 12.6. The zero-order chi connectivity index (χ0) is 29.0. The fourth-order valence-corrected chi connectivity index (χ4v) is 6.88. The van der Waals surface area contributed by atoms with Crippen molar-refractivity contribution in [1.82, 2.24) is 9.62 Å². The van der Waals surface area contributed by atoms with E-state index in [9.17, 15) is 13.5 Å². The van der Waals surface area contributed by atoms with Crippen LogP contribution in [0.15, 0.2) is 83.8 Å². The van der Waals surface area contributed by atoms with Crippen molar-refractivity contribution in [3.8, 4) is 0 Å². The van der Waals surface area contributed by atoms with Gasteiger partial charge in [-0.1, -0.05) is 66.7 Å². The van der Waals surface area contributed by atoms with E-state index in [0.717, 1.165) is 54.7 Å². The first kappa shape index (κ1) is 29.4. The minimum Gasteiger partial charge on any atom is -0.392 e. The van der Waals surface area contributed by atoms with Crippen molar-refractivity contribution in [1.29, 1.82) is 0 Å². The summed E-state index contributed by atoms with van der Waals surface area (Å²) < 4.78 is 52.7. The quantitative estimate of drug-likeness (QED) is 0.383. The maximum absolute atomic E-state index is 12.6. The molecule has 3 aromatic carbocycles. The van der Waals surface area contributed by atoms with Gasteiger partial charge < -0.3 is 29.0 Å². The van der Waals surface area contributed by atoms with E-state index in [1.165, 1.54) is 0 Å². The molecule has 3 saturated heterocycles. The summed E-state index contributed by atoms with van der Waals surface area (Å²) in [7, 11) is -3.60. The first-order valence-corrected chi connectivity index (χ1v) is 16.0. The van der Waals surface area contributed by atoms with Gasteiger partial charge in [0.05, 0.1) is 36.9 Å². The van der Waals surface area contributed by atoms with Gasteiger partial charge in [0, 0.05) is 51.0 Å². The highest BCUT2D eigenvalue weighted by Gasteiger charge is 2.41. The van der Waals surface area contributed by atoms with Crippen LogP contribution in [-0.4, -0.2) is 63.2 Å². The molecule has 2 N–H and O–H groups in total. The van der Waals surface area contributed by atoms with E-state index in [-0.39, 0.29) is 30.3 Å². The predicted molar refractivity (Wildman–Crippen MR) is 156 cm³/mol. The lowest BCUT2D eigenvalue weighted by Crippen LogP contribution is -2.48. The first-order chi connectivity index (χ1) is 20.4. The van der Waals surface area contributed by atoms with Gasteiger partial charge in [0.15, 0.2) is 12.1 Å². The van der Waals surface area contributed by atoms with E-state index in [1.54, 1.807) is 30.3 Å². The highest BCUT2D eigenvalue weighted by atomic mass is 32.2. The lowest BCUT2D eigenvalue weighted by Gasteiger charge is -2.41. The lowest BCUT2D eigenvalue weighted by molar-refractivity contribution is -0.255. The molecule has 3 aliphatic rings. The van der Waals surface area contributed by atoms with Crippen LogP contribution in [0.4, 0.5) is 0 Å². The average Bonchev–Trinajstić information content (AvgIpc) is 3.50. The Bertz CT molecular complexity index is 1400. The minimum absolute atomic E-state index is 0.00208. The summed E-state index contributed by atoms with van der Waals surface area (Å²) in [5, 5.41) is 9.48. The molecule has 6 rings (SSSR count). The molecule has 42 heavy (non-hydrogen) atoms. The van der Waals surface area contributed by atoms with E-state index < -0.39 is 22.1 Å². The second-order valence-electron chi connectivity index (χ2n) is 11.1. The van der Waals surface area contributed by atoms with Gasteiger partial charge in [-0.15, -0.1) is 0 Å². The molecule has 9 nitrogen and oxygen atoms in total.